The van der Waals surface area contributed by atoms with Crippen molar-refractivity contribution < 1.29 is 14.3 Å². The first-order valence-corrected chi connectivity index (χ1v) is 8.95. The maximum Gasteiger partial charge on any atom is 0.308 e. The molecule has 0 aliphatic heterocycles. The quantitative estimate of drug-likeness (QED) is 0.859. The molecule has 0 bridgehead atoms. The number of carbonyl (C=O) groups excluding carboxylic acids is 2. The predicted octanol–water partition coefficient (Wildman–Crippen LogP) is 2.38. The zero-order chi connectivity index (χ0) is 17.1. The molecule has 2 aliphatic rings. The Morgan fingerprint density at radius 1 is 1.17 bits per heavy atom. The van der Waals surface area contributed by atoms with E-state index in [2.05, 4.69) is 28.2 Å². The number of hydrogen-bond acceptors (Lipinski definition) is 4. The van der Waals surface area contributed by atoms with E-state index in [0.717, 1.165) is 38.5 Å². The van der Waals surface area contributed by atoms with Gasteiger partial charge in [0.1, 0.15) is 0 Å². The van der Waals surface area contributed by atoms with Crippen LogP contribution in [0.1, 0.15) is 56.6 Å². The van der Waals surface area contributed by atoms with Crippen LogP contribution in [0, 0.1) is 18.8 Å². The molecule has 6 heteroatoms. The molecule has 1 heterocycles. The largest absolute Gasteiger partial charge is 0.469 e. The van der Waals surface area contributed by atoms with Gasteiger partial charge >= 0.3 is 5.97 Å². The molecule has 2 atom stereocenters. The van der Waals surface area contributed by atoms with Crippen molar-refractivity contribution in [3.05, 3.63) is 18.0 Å². The molecule has 6 nitrogen and oxygen atoms in total. The van der Waals surface area contributed by atoms with E-state index in [4.69, 9.17) is 4.74 Å². The minimum absolute atomic E-state index is 0.0411. The van der Waals surface area contributed by atoms with E-state index in [1.807, 2.05) is 6.20 Å². The van der Waals surface area contributed by atoms with Gasteiger partial charge in [-0.1, -0.05) is 0 Å². The molecule has 2 saturated carbocycles. The molecule has 1 aromatic heterocycles. The van der Waals surface area contributed by atoms with Crippen molar-refractivity contribution in [2.75, 3.05) is 7.11 Å². The summed E-state index contributed by atoms with van der Waals surface area (Å²) in [7, 11) is 1.41. The number of nitrogens with zero attached hydrogens (tertiary/aromatic N) is 2. The third kappa shape index (κ3) is 3.79. The van der Waals surface area contributed by atoms with E-state index in [9.17, 15) is 9.59 Å². The Morgan fingerprint density at radius 2 is 1.88 bits per heavy atom. The van der Waals surface area contributed by atoms with Gasteiger partial charge in [-0.05, 0) is 57.4 Å². The van der Waals surface area contributed by atoms with Crippen LogP contribution in [0.25, 0.3) is 0 Å². The first-order valence-electron chi connectivity index (χ1n) is 8.95. The van der Waals surface area contributed by atoms with Gasteiger partial charge in [0, 0.05) is 18.2 Å². The van der Waals surface area contributed by atoms with Gasteiger partial charge in [-0.3, -0.25) is 14.3 Å². The van der Waals surface area contributed by atoms with Gasteiger partial charge in [-0.2, -0.15) is 5.10 Å². The summed E-state index contributed by atoms with van der Waals surface area (Å²) in [5.41, 5.74) is 1.19. The van der Waals surface area contributed by atoms with Gasteiger partial charge in [0.15, 0.2) is 0 Å². The summed E-state index contributed by atoms with van der Waals surface area (Å²) < 4.78 is 6.85. The van der Waals surface area contributed by atoms with Crippen LogP contribution >= 0.6 is 0 Å². The van der Waals surface area contributed by atoms with Gasteiger partial charge in [-0.25, -0.2) is 0 Å². The average Bonchev–Trinajstić information content (AvgIpc) is 3.24. The molecule has 0 spiro atoms. The fourth-order valence-corrected chi connectivity index (χ4v) is 4.04. The number of aromatic nitrogens is 2. The van der Waals surface area contributed by atoms with Crippen molar-refractivity contribution in [2.45, 2.75) is 64.0 Å². The number of nitrogens with one attached hydrogen (secondary N) is 1. The monoisotopic (exact) mass is 333 g/mol. The van der Waals surface area contributed by atoms with Gasteiger partial charge in [0.25, 0.3) is 0 Å². The Morgan fingerprint density at radius 3 is 2.50 bits per heavy atom. The number of aryl methyl sites for hydroxylation is 1. The fourth-order valence-electron chi connectivity index (χ4n) is 4.04. The molecule has 0 saturated heterocycles. The number of esters is 1. The molecule has 1 aromatic rings. The van der Waals surface area contributed by atoms with Crippen LogP contribution in [-0.4, -0.2) is 34.8 Å². The van der Waals surface area contributed by atoms with Crippen molar-refractivity contribution in [1.29, 1.82) is 0 Å². The van der Waals surface area contributed by atoms with Gasteiger partial charge in [-0.15, -0.1) is 0 Å². The average molecular weight is 333 g/mol. The number of ether oxygens (including phenoxy) is 1. The van der Waals surface area contributed by atoms with Crippen LogP contribution in [0.15, 0.2) is 12.4 Å². The number of methoxy groups -OCH3 is 1. The molecule has 3 rings (SSSR count). The van der Waals surface area contributed by atoms with E-state index < -0.39 is 0 Å². The molecule has 2 fully saturated rings. The zero-order valence-electron chi connectivity index (χ0n) is 14.5. The van der Waals surface area contributed by atoms with Crippen LogP contribution in [0.4, 0.5) is 0 Å². The van der Waals surface area contributed by atoms with Crippen molar-refractivity contribution in [1.82, 2.24) is 15.1 Å². The highest BCUT2D eigenvalue weighted by molar-refractivity contribution is 5.81. The van der Waals surface area contributed by atoms with Crippen LogP contribution in [0.5, 0.6) is 0 Å². The highest BCUT2D eigenvalue weighted by Crippen LogP contribution is 2.33. The van der Waals surface area contributed by atoms with Gasteiger partial charge in [0.05, 0.1) is 25.3 Å². The van der Waals surface area contributed by atoms with Crippen LogP contribution in [-0.2, 0) is 14.3 Å². The minimum atomic E-state index is -0.180. The van der Waals surface area contributed by atoms with Crippen molar-refractivity contribution in [3.8, 4) is 0 Å². The summed E-state index contributed by atoms with van der Waals surface area (Å²) in [5.74, 6) is -0.217. The third-order valence-corrected chi connectivity index (χ3v) is 5.49. The molecular weight excluding hydrogens is 306 g/mol. The van der Waals surface area contributed by atoms with Gasteiger partial charge in [0.2, 0.25) is 5.91 Å². The minimum Gasteiger partial charge on any atom is -0.469 e. The van der Waals surface area contributed by atoms with Crippen LogP contribution in [0.3, 0.4) is 0 Å². The molecule has 0 unspecified atom stereocenters. The van der Waals surface area contributed by atoms with E-state index in [1.54, 1.807) is 0 Å². The summed E-state index contributed by atoms with van der Waals surface area (Å²) >= 11 is 0. The van der Waals surface area contributed by atoms with E-state index in [1.165, 1.54) is 12.7 Å². The molecular formula is C18H27N3O3. The van der Waals surface area contributed by atoms with E-state index >= 15 is 0 Å². The lowest BCUT2D eigenvalue weighted by Gasteiger charge is -2.30. The molecule has 0 radical (unpaired) electrons. The lowest BCUT2D eigenvalue weighted by molar-refractivity contribution is -0.145. The third-order valence-electron chi connectivity index (χ3n) is 5.49. The first-order chi connectivity index (χ1) is 11.6. The zero-order valence-corrected chi connectivity index (χ0v) is 14.5. The summed E-state index contributed by atoms with van der Waals surface area (Å²) in [6.07, 6.45) is 10.2. The predicted molar refractivity (Wildman–Crippen MR) is 89.2 cm³/mol. The Kier molecular flexibility index (Phi) is 5.21. The second-order valence-corrected chi connectivity index (χ2v) is 7.24. The summed E-state index contributed by atoms with van der Waals surface area (Å²) in [6.45, 7) is 2.05. The van der Waals surface area contributed by atoms with Crippen LogP contribution in [0.2, 0.25) is 0 Å². The van der Waals surface area contributed by atoms with Gasteiger partial charge < -0.3 is 10.1 Å². The molecule has 0 aromatic carbocycles. The molecule has 24 heavy (non-hydrogen) atoms. The lowest BCUT2D eigenvalue weighted by atomic mass is 9.90. The number of rotatable bonds is 4. The van der Waals surface area contributed by atoms with Crippen LogP contribution < -0.4 is 5.32 Å². The second-order valence-electron chi connectivity index (χ2n) is 7.24. The lowest BCUT2D eigenvalue weighted by Crippen LogP contribution is -2.40. The normalized spacial score (nSPS) is 30.1. The highest BCUT2D eigenvalue weighted by atomic mass is 16.5. The fraction of sp³-hybridized carbons (Fsp3) is 0.722. The molecule has 1 N–H and O–H groups in total. The Hall–Kier alpha value is -1.85. The second kappa shape index (κ2) is 7.36. The molecule has 2 aliphatic carbocycles. The van der Waals surface area contributed by atoms with Crippen molar-refractivity contribution >= 4 is 11.9 Å². The Labute approximate surface area is 142 Å². The summed E-state index contributed by atoms with van der Waals surface area (Å²) in [6, 6.07) is 0.699. The standard InChI is InChI=1S/C18H27N3O3/c1-12-10-19-21(11-12)16-7-5-15(6-8-16)20-17(22)13-3-4-14(9-13)18(23)24-2/h10-11,13-16H,3-9H2,1-2H3,(H,20,22)/t13-,14+,15?,16?/m0/s1. The van der Waals surface area contributed by atoms with Crippen molar-refractivity contribution in [3.63, 3.8) is 0 Å². The maximum absolute atomic E-state index is 12.4. The maximum atomic E-state index is 12.4. The highest BCUT2D eigenvalue weighted by Gasteiger charge is 2.35. The molecule has 1 amide bonds. The smallest absolute Gasteiger partial charge is 0.308 e. The Bertz CT molecular complexity index is 590. The van der Waals surface area contributed by atoms with Crippen molar-refractivity contribution in [2.24, 2.45) is 11.8 Å². The topological polar surface area (TPSA) is 73.2 Å². The van der Waals surface area contributed by atoms with E-state index in [0.29, 0.717) is 12.5 Å². The number of amides is 1. The molecule has 132 valence electrons. The summed E-state index contributed by atoms with van der Waals surface area (Å²) in [5, 5.41) is 7.60. The number of carbonyl (C=O) groups is 2. The summed E-state index contributed by atoms with van der Waals surface area (Å²) in [4.78, 5) is 24.0. The first kappa shape index (κ1) is 17.0. The number of hydrogen-bond donors (Lipinski definition) is 1. The Balaban J connectivity index is 1.44. The SMILES string of the molecule is COC(=O)[C@@H]1CC[C@H](C(=O)NC2CCC(n3cc(C)cn3)CC2)C1. The van der Waals surface area contributed by atoms with E-state index in [-0.39, 0.29) is 29.8 Å².